The fraction of sp³-hybridized carbons (Fsp3) is 1.00. The first kappa shape index (κ1) is 10.8. The predicted molar refractivity (Wildman–Crippen MR) is 55.2 cm³/mol. The van der Waals surface area contributed by atoms with E-state index in [9.17, 15) is 0 Å². The lowest BCUT2D eigenvalue weighted by atomic mass is 10.2. The minimum atomic E-state index is 0.768. The van der Waals surface area contributed by atoms with Gasteiger partial charge in [0.1, 0.15) is 0 Å². The highest BCUT2D eigenvalue weighted by atomic mass is 79.9. The van der Waals surface area contributed by atoms with E-state index in [1.54, 1.807) is 0 Å². The van der Waals surface area contributed by atoms with Crippen LogP contribution >= 0.6 is 27.7 Å². The summed E-state index contributed by atoms with van der Waals surface area (Å²) in [6.45, 7) is 2.24. The van der Waals surface area contributed by atoms with Crippen molar-refractivity contribution in [2.45, 2.75) is 37.4 Å². The number of rotatable bonds is 6. The van der Waals surface area contributed by atoms with Crippen molar-refractivity contribution < 1.29 is 0 Å². The molecule has 0 aromatic carbocycles. The molecule has 0 rings (SSSR count). The summed E-state index contributed by atoms with van der Waals surface area (Å²) in [6, 6.07) is 0. The number of halogens is 1. The van der Waals surface area contributed by atoms with Crippen LogP contribution in [0.3, 0.4) is 0 Å². The summed E-state index contributed by atoms with van der Waals surface area (Å²) < 4.78 is 0. The highest BCUT2D eigenvalue weighted by Gasteiger charge is 2.00. The summed E-state index contributed by atoms with van der Waals surface area (Å²) in [5, 5.41) is 0. The monoisotopic (exact) mass is 224 g/mol. The zero-order valence-electron chi connectivity index (χ0n) is 6.90. The average molecular weight is 225 g/mol. The Hall–Kier alpha value is 0.830. The Balaban J connectivity index is 2.97. The molecule has 62 valence electrons. The topological polar surface area (TPSA) is 0 Å². The van der Waals surface area contributed by atoms with Gasteiger partial charge in [-0.1, -0.05) is 29.3 Å². The van der Waals surface area contributed by atoms with E-state index in [4.69, 9.17) is 0 Å². The summed E-state index contributed by atoms with van der Waals surface area (Å²) in [4.78, 5) is 0.768. The molecule has 0 fully saturated rings. The van der Waals surface area contributed by atoms with Gasteiger partial charge in [-0.3, -0.25) is 0 Å². The molecule has 0 aliphatic rings. The third-order valence-electron chi connectivity index (χ3n) is 1.47. The molecule has 0 amide bonds. The second-order valence-corrected chi connectivity index (χ2v) is 4.80. The quantitative estimate of drug-likeness (QED) is 0.490. The van der Waals surface area contributed by atoms with Crippen LogP contribution in [0, 0.1) is 0 Å². The van der Waals surface area contributed by atoms with Crippen molar-refractivity contribution in [2.24, 2.45) is 0 Å². The third-order valence-corrected chi connectivity index (χ3v) is 3.08. The van der Waals surface area contributed by atoms with Gasteiger partial charge in [0.25, 0.3) is 0 Å². The summed E-state index contributed by atoms with van der Waals surface area (Å²) in [5.41, 5.74) is 0. The van der Waals surface area contributed by atoms with Crippen molar-refractivity contribution in [2.75, 3.05) is 12.0 Å². The van der Waals surface area contributed by atoms with Gasteiger partial charge in [0.15, 0.2) is 0 Å². The van der Waals surface area contributed by atoms with E-state index in [1.807, 2.05) is 11.8 Å². The zero-order valence-corrected chi connectivity index (χ0v) is 9.30. The standard InChI is InChI=1S/C8H17BrS/c1-3-5-8(9)6-4-7-10-2/h8H,3-7H2,1-2H3. The Bertz CT molecular complexity index is 66.3. The van der Waals surface area contributed by atoms with Gasteiger partial charge < -0.3 is 0 Å². The summed E-state index contributed by atoms with van der Waals surface area (Å²) >= 11 is 5.60. The Morgan fingerprint density at radius 2 is 2.10 bits per heavy atom. The van der Waals surface area contributed by atoms with Crippen molar-refractivity contribution in [1.82, 2.24) is 0 Å². The first-order valence-corrected chi connectivity index (χ1v) is 6.25. The van der Waals surface area contributed by atoms with E-state index in [0.29, 0.717) is 0 Å². The van der Waals surface area contributed by atoms with Gasteiger partial charge in [-0.25, -0.2) is 0 Å². The number of alkyl halides is 1. The van der Waals surface area contributed by atoms with E-state index in [1.165, 1.54) is 31.4 Å². The van der Waals surface area contributed by atoms with Gasteiger partial charge >= 0.3 is 0 Å². The molecule has 0 aliphatic heterocycles. The number of thioether (sulfide) groups is 1. The molecule has 0 N–H and O–H groups in total. The Labute approximate surface area is 77.3 Å². The van der Waals surface area contributed by atoms with Gasteiger partial charge in [0, 0.05) is 4.83 Å². The van der Waals surface area contributed by atoms with Gasteiger partial charge in [-0.2, -0.15) is 11.8 Å². The molecule has 0 nitrogen and oxygen atoms in total. The first-order valence-electron chi connectivity index (χ1n) is 3.94. The maximum absolute atomic E-state index is 3.66. The molecular weight excluding hydrogens is 208 g/mol. The number of hydrogen-bond donors (Lipinski definition) is 0. The summed E-state index contributed by atoms with van der Waals surface area (Å²) in [5.74, 6) is 1.31. The lowest BCUT2D eigenvalue weighted by Crippen LogP contribution is -1.96. The second kappa shape index (κ2) is 7.93. The first-order chi connectivity index (χ1) is 4.81. The smallest absolute Gasteiger partial charge is 0.0146 e. The second-order valence-electron chi connectivity index (χ2n) is 2.52. The molecule has 2 heteroatoms. The largest absolute Gasteiger partial charge is 0.165 e. The third kappa shape index (κ3) is 6.94. The van der Waals surface area contributed by atoms with Crippen LogP contribution in [-0.2, 0) is 0 Å². The Morgan fingerprint density at radius 3 is 2.60 bits per heavy atom. The van der Waals surface area contributed by atoms with Gasteiger partial charge in [0.05, 0.1) is 0 Å². The van der Waals surface area contributed by atoms with Crippen LogP contribution in [-0.4, -0.2) is 16.8 Å². The van der Waals surface area contributed by atoms with Crippen LogP contribution in [0.4, 0.5) is 0 Å². The van der Waals surface area contributed by atoms with Crippen LogP contribution in [0.1, 0.15) is 32.6 Å². The van der Waals surface area contributed by atoms with Gasteiger partial charge in [0.2, 0.25) is 0 Å². The maximum Gasteiger partial charge on any atom is 0.0146 e. The molecule has 0 saturated heterocycles. The average Bonchev–Trinajstić information content (AvgIpc) is 1.89. The lowest BCUT2D eigenvalue weighted by molar-refractivity contribution is 0.685. The molecule has 0 saturated carbocycles. The number of hydrogen-bond acceptors (Lipinski definition) is 1. The molecule has 0 heterocycles. The molecule has 1 atom stereocenters. The summed E-state index contributed by atoms with van der Waals surface area (Å²) in [7, 11) is 0. The molecular formula is C8H17BrS. The highest BCUT2D eigenvalue weighted by Crippen LogP contribution is 2.15. The van der Waals surface area contributed by atoms with Gasteiger partial charge in [-0.05, 0) is 31.3 Å². The molecule has 1 unspecified atom stereocenters. The van der Waals surface area contributed by atoms with E-state index in [-0.39, 0.29) is 0 Å². The Morgan fingerprint density at radius 1 is 1.40 bits per heavy atom. The normalized spacial score (nSPS) is 13.5. The molecule has 0 radical (unpaired) electrons. The fourth-order valence-corrected chi connectivity index (χ4v) is 2.14. The van der Waals surface area contributed by atoms with E-state index in [2.05, 4.69) is 29.1 Å². The van der Waals surface area contributed by atoms with E-state index >= 15 is 0 Å². The Kier molecular flexibility index (Phi) is 8.59. The van der Waals surface area contributed by atoms with Crippen molar-refractivity contribution in [3.63, 3.8) is 0 Å². The van der Waals surface area contributed by atoms with Crippen LogP contribution in [0.5, 0.6) is 0 Å². The van der Waals surface area contributed by atoms with Crippen LogP contribution in [0.2, 0.25) is 0 Å². The lowest BCUT2D eigenvalue weighted by Gasteiger charge is -2.05. The molecule has 10 heavy (non-hydrogen) atoms. The minimum absolute atomic E-state index is 0.768. The zero-order chi connectivity index (χ0) is 7.82. The molecule has 0 aromatic rings. The van der Waals surface area contributed by atoms with E-state index in [0.717, 1.165) is 4.83 Å². The SMILES string of the molecule is CCCC(Br)CCCSC. The fourth-order valence-electron chi connectivity index (χ4n) is 0.907. The van der Waals surface area contributed by atoms with Gasteiger partial charge in [-0.15, -0.1) is 0 Å². The van der Waals surface area contributed by atoms with Crippen molar-refractivity contribution in [3.8, 4) is 0 Å². The van der Waals surface area contributed by atoms with Crippen molar-refractivity contribution in [3.05, 3.63) is 0 Å². The van der Waals surface area contributed by atoms with Crippen LogP contribution in [0.25, 0.3) is 0 Å². The van der Waals surface area contributed by atoms with Crippen LogP contribution in [0.15, 0.2) is 0 Å². The molecule has 0 spiro atoms. The van der Waals surface area contributed by atoms with Crippen molar-refractivity contribution in [1.29, 1.82) is 0 Å². The molecule has 0 aromatic heterocycles. The van der Waals surface area contributed by atoms with E-state index < -0.39 is 0 Å². The molecule has 0 bridgehead atoms. The highest BCUT2D eigenvalue weighted by molar-refractivity contribution is 9.09. The van der Waals surface area contributed by atoms with Crippen molar-refractivity contribution >= 4 is 27.7 Å². The summed E-state index contributed by atoms with van der Waals surface area (Å²) in [6.07, 6.45) is 7.50. The molecule has 0 aliphatic carbocycles. The minimum Gasteiger partial charge on any atom is -0.165 e. The maximum atomic E-state index is 3.66. The predicted octanol–water partition coefficient (Wildman–Crippen LogP) is 3.69. The van der Waals surface area contributed by atoms with Crippen LogP contribution < -0.4 is 0 Å².